The fourth-order valence-corrected chi connectivity index (χ4v) is 1.70. The van der Waals surface area contributed by atoms with E-state index in [1.807, 2.05) is 0 Å². The lowest BCUT2D eigenvalue weighted by Crippen LogP contribution is -2.34. The quantitative estimate of drug-likeness (QED) is 0.807. The minimum atomic E-state index is -0.946. The zero-order valence-corrected chi connectivity index (χ0v) is 10.2. The third kappa shape index (κ3) is 2.55. The molecule has 0 aliphatic carbocycles. The average Bonchev–Trinajstić information content (AvgIpc) is 2.60. The van der Waals surface area contributed by atoms with Gasteiger partial charge >= 0.3 is 6.09 Å². The Balaban J connectivity index is 2.02. The molecule has 7 nitrogen and oxygen atoms in total. The van der Waals surface area contributed by atoms with E-state index in [0.29, 0.717) is 5.06 Å². The predicted molar refractivity (Wildman–Crippen MR) is 63.0 cm³/mol. The topological polar surface area (TPSA) is 98.9 Å². The largest absolute Gasteiger partial charge is 0.444 e. The van der Waals surface area contributed by atoms with E-state index < -0.39 is 24.0 Å². The summed E-state index contributed by atoms with van der Waals surface area (Å²) in [4.78, 5) is 39.4. The van der Waals surface area contributed by atoms with Crippen LogP contribution in [0.15, 0.2) is 24.3 Å². The first-order chi connectivity index (χ1) is 9.00. The number of hydrogen-bond donors (Lipinski definition) is 1. The first-order valence-corrected chi connectivity index (χ1v) is 5.57. The molecular formula is C12H12N2O5. The second-order valence-corrected chi connectivity index (χ2v) is 3.99. The molecule has 100 valence electrons. The maximum Gasteiger partial charge on any atom is 0.404 e. The number of carbonyl (C=O) groups is 3. The number of amides is 3. The normalized spacial score (nSPS) is 15.3. The molecule has 0 bridgehead atoms. The number of rotatable bonds is 4. The van der Waals surface area contributed by atoms with E-state index in [0.717, 1.165) is 0 Å². The van der Waals surface area contributed by atoms with E-state index in [1.165, 1.54) is 6.92 Å². The Morgan fingerprint density at radius 2 is 1.79 bits per heavy atom. The Kier molecular flexibility index (Phi) is 3.48. The van der Waals surface area contributed by atoms with Crippen molar-refractivity contribution >= 4 is 17.9 Å². The molecule has 0 unspecified atom stereocenters. The summed E-state index contributed by atoms with van der Waals surface area (Å²) in [5, 5.41) is 0.658. The average molecular weight is 264 g/mol. The standard InChI is InChI=1S/C12H12N2O5/c1-7(19-12(13)17)6-18-14-10(15)8-4-2-3-5-9(8)11(14)16/h2-5,7H,6H2,1H3,(H2,13,17)/t7-/m0/s1. The van der Waals surface area contributed by atoms with E-state index in [9.17, 15) is 14.4 Å². The van der Waals surface area contributed by atoms with Crippen molar-refractivity contribution in [3.63, 3.8) is 0 Å². The number of hydrogen-bond acceptors (Lipinski definition) is 5. The molecule has 19 heavy (non-hydrogen) atoms. The number of ether oxygens (including phenoxy) is 1. The van der Waals surface area contributed by atoms with Crippen molar-refractivity contribution in [1.82, 2.24) is 5.06 Å². The van der Waals surface area contributed by atoms with Crippen LogP contribution in [-0.2, 0) is 9.57 Å². The number of imide groups is 1. The van der Waals surface area contributed by atoms with Crippen LogP contribution in [0, 0.1) is 0 Å². The number of fused-ring (bicyclic) bond motifs is 1. The van der Waals surface area contributed by atoms with Gasteiger partial charge in [0.15, 0.2) is 0 Å². The number of primary amides is 1. The zero-order chi connectivity index (χ0) is 14.0. The highest BCUT2D eigenvalue weighted by atomic mass is 16.7. The van der Waals surface area contributed by atoms with Crippen molar-refractivity contribution in [2.75, 3.05) is 6.61 Å². The Labute approximate surface area is 108 Å². The molecule has 1 atom stereocenters. The van der Waals surface area contributed by atoms with Gasteiger partial charge in [-0.1, -0.05) is 12.1 Å². The van der Waals surface area contributed by atoms with E-state index in [2.05, 4.69) is 4.74 Å². The van der Waals surface area contributed by atoms with Gasteiger partial charge in [-0.2, -0.15) is 0 Å². The molecule has 2 rings (SSSR count). The van der Waals surface area contributed by atoms with Crippen molar-refractivity contribution in [3.05, 3.63) is 35.4 Å². The number of nitrogens with zero attached hydrogens (tertiary/aromatic N) is 1. The van der Waals surface area contributed by atoms with Crippen LogP contribution in [0.2, 0.25) is 0 Å². The first kappa shape index (κ1) is 13.0. The van der Waals surface area contributed by atoms with Crippen molar-refractivity contribution in [2.24, 2.45) is 5.73 Å². The second-order valence-electron chi connectivity index (χ2n) is 3.99. The molecule has 0 spiro atoms. The summed E-state index contributed by atoms with van der Waals surface area (Å²) in [5.74, 6) is -1.07. The number of hydroxylamine groups is 2. The summed E-state index contributed by atoms with van der Waals surface area (Å²) in [6.07, 6.45) is -1.61. The van der Waals surface area contributed by atoms with Gasteiger partial charge in [0.1, 0.15) is 12.7 Å². The lowest BCUT2D eigenvalue weighted by Gasteiger charge is -2.16. The Bertz CT molecular complexity index is 508. The van der Waals surface area contributed by atoms with Crippen LogP contribution in [-0.4, -0.2) is 35.7 Å². The third-order valence-electron chi connectivity index (χ3n) is 2.51. The van der Waals surface area contributed by atoms with Gasteiger partial charge in [-0.05, 0) is 19.1 Å². The summed E-state index contributed by atoms with van der Waals surface area (Å²) in [7, 11) is 0. The summed E-state index contributed by atoms with van der Waals surface area (Å²) >= 11 is 0. The predicted octanol–water partition coefficient (Wildman–Crippen LogP) is 0.698. The van der Waals surface area contributed by atoms with E-state index in [1.54, 1.807) is 24.3 Å². The molecule has 0 radical (unpaired) electrons. The highest BCUT2D eigenvalue weighted by molar-refractivity contribution is 6.20. The van der Waals surface area contributed by atoms with Gasteiger partial charge in [0, 0.05) is 0 Å². The van der Waals surface area contributed by atoms with Gasteiger partial charge in [0.2, 0.25) is 0 Å². The molecule has 0 saturated heterocycles. The minimum Gasteiger partial charge on any atom is -0.444 e. The van der Waals surface area contributed by atoms with Gasteiger partial charge in [-0.15, -0.1) is 5.06 Å². The van der Waals surface area contributed by atoms with Crippen LogP contribution < -0.4 is 5.73 Å². The molecule has 3 amide bonds. The van der Waals surface area contributed by atoms with Gasteiger partial charge in [-0.3, -0.25) is 14.4 Å². The Morgan fingerprint density at radius 3 is 2.26 bits per heavy atom. The summed E-state index contributed by atoms with van der Waals surface area (Å²) in [6, 6.07) is 6.41. The molecule has 1 aromatic carbocycles. The molecule has 0 fully saturated rings. The van der Waals surface area contributed by atoms with Crippen molar-refractivity contribution in [1.29, 1.82) is 0 Å². The van der Waals surface area contributed by atoms with Gasteiger partial charge < -0.3 is 10.5 Å². The maximum absolute atomic E-state index is 11.9. The van der Waals surface area contributed by atoms with Crippen molar-refractivity contribution in [2.45, 2.75) is 13.0 Å². The summed E-state index contributed by atoms with van der Waals surface area (Å²) < 4.78 is 4.62. The first-order valence-electron chi connectivity index (χ1n) is 5.57. The molecule has 1 heterocycles. The lowest BCUT2D eigenvalue weighted by molar-refractivity contribution is -0.113. The molecule has 0 aromatic heterocycles. The minimum absolute atomic E-state index is 0.144. The monoisotopic (exact) mass is 264 g/mol. The fraction of sp³-hybridized carbons (Fsp3) is 0.250. The number of benzene rings is 1. The SMILES string of the molecule is C[C@@H](CON1C(=O)c2ccccc2C1=O)OC(N)=O. The smallest absolute Gasteiger partial charge is 0.404 e. The van der Waals surface area contributed by atoms with Crippen molar-refractivity contribution in [3.8, 4) is 0 Å². The Hall–Kier alpha value is -2.41. The van der Waals surface area contributed by atoms with E-state index in [-0.39, 0.29) is 17.7 Å². The van der Waals surface area contributed by atoms with Crippen LogP contribution in [0.25, 0.3) is 0 Å². The zero-order valence-electron chi connectivity index (χ0n) is 10.2. The summed E-state index contributed by atoms with van der Waals surface area (Å²) in [5.41, 5.74) is 5.41. The lowest BCUT2D eigenvalue weighted by atomic mass is 10.1. The maximum atomic E-state index is 11.9. The molecule has 1 aliphatic rings. The summed E-state index contributed by atoms with van der Waals surface area (Å²) in [6.45, 7) is 1.39. The van der Waals surface area contributed by atoms with Crippen LogP contribution >= 0.6 is 0 Å². The van der Waals surface area contributed by atoms with Crippen LogP contribution in [0.3, 0.4) is 0 Å². The van der Waals surface area contributed by atoms with Crippen molar-refractivity contribution < 1.29 is 24.0 Å². The third-order valence-corrected chi connectivity index (χ3v) is 2.51. The molecule has 1 aliphatic heterocycles. The highest BCUT2D eigenvalue weighted by Gasteiger charge is 2.36. The second kappa shape index (κ2) is 5.07. The molecule has 0 saturated carbocycles. The van der Waals surface area contributed by atoms with Gasteiger partial charge in [0.25, 0.3) is 11.8 Å². The van der Waals surface area contributed by atoms with E-state index in [4.69, 9.17) is 10.6 Å². The molecule has 2 N–H and O–H groups in total. The molecular weight excluding hydrogens is 252 g/mol. The highest BCUT2D eigenvalue weighted by Crippen LogP contribution is 2.22. The van der Waals surface area contributed by atoms with Gasteiger partial charge in [-0.25, -0.2) is 4.79 Å². The molecule has 1 aromatic rings. The van der Waals surface area contributed by atoms with Crippen LogP contribution in [0.1, 0.15) is 27.6 Å². The molecule has 7 heteroatoms. The van der Waals surface area contributed by atoms with Crippen LogP contribution in [0.4, 0.5) is 4.79 Å². The fourth-order valence-electron chi connectivity index (χ4n) is 1.70. The Morgan fingerprint density at radius 1 is 1.26 bits per heavy atom. The number of carbonyl (C=O) groups excluding carboxylic acids is 3. The van der Waals surface area contributed by atoms with Gasteiger partial charge in [0.05, 0.1) is 11.1 Å². The van der Waals surface area contributed by atoms with E-state index >= 15 is 0 Å². The van der Waals surface area contributed by atoms with Crippen LogP contribution in [0.5, 0.6) is 0 Å². The number of nitrogens with two attached hydrogens (primary N) is 1.